The van der Waals surface area contributed by atoms with Crippen molar-refractivity contribution < 1.29 is 9.13 Å². The summed E-state index contributed by atoms with van der Waals surface area (Å²) >= 11 is 5.86. The van der Waals surface area contributed by atoms with E-state index in [2.05, 4.69) is 5.32 Å². The third-order valence-electron chi connectivity index (χ3n) is 1.90. The van der Waals surface area contributed by atoms with Gasteiger partial charge in [-0.3, -0.25) is 0 Å². The van der Waals surface area contributed by atoms with Crippen LogP contribution >= 0.6 is 11.6 Å². The molecule has 0 heterocycles. The molecule has 4 heteroatoms. The van der Waals surface area contributed by atoms with Crippen LogP contribution in [0.5, 0.6) is 0 Å². The Kier molecular flexibility index (Phi) is 4.56. The highest BCUT2D eigenvalue weighted by Gasteiger charge is 2.10. The fourth-order valence-electron chi connectivity index (χ4n) is 1.20. The van der Waals surface area contributed by atoms with Gasteiger partial charge in [0.15, 0.2) is 0 Å². The minimum absolute atomic E-state index is 0.180. The molecule has 0 amide bonds. The lowest BCUT2D eigenvalue weighted by Gasteiger charge is -2.20. The van der Waals surface area contributed by atoms with Crippen LogP contribution in [-0.4, -0.2) is 18.8 Å². The van der Waals surface area contributed by atoms with Crippen LogP contribution < -0.4 is 5.32 Å². The van der Waals surface area contributed by atoms with Crippen LogP contribution in [0.15, 0.2) is 18.2 Å². The minimum Gasteiger partial charge on any atom is -0.379 e. The molecule has 1 aromatic carbocycles. The number of benzene rings is 1. The third kappa shape index (κ3) is 4.37. The van der Waals surface area contributed by atoms with Crippen LogP contribution in [-0.2, 0) is 4.74 Å². The second kappa shape index (κ2) is 5.51. The molecule has 0 spiro atoms. The quantitative estimate of drug-likeness (QED) is 0.817. The summed E-state index contributed by atoms with van der Waals surface area (Å²) in [6, 6.07) is 4.60. The lowest BCUT2D eigenvalue weighted by Crippen LogP contribution is -2.23. The van der Waals surface area contributed by atoms with Crippen molar-refractivity contribution in [3.05, 3.63) is 29.0 Å². The number of nitrogens with one attached hydrogen (secondary N) is 1. The molecule has 16 heavy (non-hydrogen) atoms. The smallest absolute Gasteiger partial charge is 0.147 e. The summed E-state index contributed by atoms with van der Waals surface area (Å²) in [6.07, 6.45) is 0. The van der Waals surface area contributed by atoms with Crippen molar-refractivity contribution in [2.45, 2.75) is 26.4 Å². The molecular formula is C12H17ClFNO. The molecule has 0 radical (unpaired) electrons. The van der Waals surface area contributed by atoms with Gasteiger partial charge in [-0.15, -0.1) is 0 Å². The summed E-state index contributed by atoms with van der Waals surface area (Å²) < 4.78 is 18.8. The Balaban J connectivity index is 2.43. The average molecular weight is 246 g/mol. The van der Waals surface area contributed by atoms with E-state index < -0.39 is 0 Å². The molecule has 0 atom stereocenters. The first-order valence-corrected chi connectivity index (χ1v) is 5.60. The zero-order chi connectivity index (χ0) is 12.2. The predicted octanol–water partition coefficient (Wildman–Crippen LogP) is 3.71. The zero-order valence-corrected chi connectivity index (χ0v) is 10.6. The highest BCUT2D eigenvalue weighted by atomic mass is 35.5. The summed E-state index contributed by atoms with van der Waals surface area (Å²) in [5.74, 6) is -0.344. The highest BCUT2D eigenvalue weighted by Crippen LogP contribution is 2.24. The molecule has 1 rings (SSSR count). The Morgan fingerprint density at radius 2 is 2.06 bits per heavy atom. The van der Waals surface area contributed by atoms with Gasteiger partial charge in [-0.1, -0.05) is 17.7 Å². The van der Waals surface area contributed by atoms with Crippen molar-refractivity contribution in [1.29, 1.82) is 0 Å². The second-order valence-electron chi connectivity index (χ2n) is 4.48. The van der Waals surface area contributed by atoms with Gasteiger partial charge in [-0.2, -0.15) is 0 Å². The molecule has 0 aliphatic rings. The van der Waals surface area contributed by atoms with Gasteiger partial charge in [0.2, 0.25) is 0 Å². The Bertz CT molecular complexity index is 329. The number of anilines is 1. The lowest BCUT2D eigenvalue weighted by atomic mass is 10.2. The van der Waals surface area contributed by atoms with Crippen molar-refractivity contribution in [2.75, 3.05) is 18.5 Å². The monoisotopic (exact) mass is 245 g/mol. The number of hydrogen-bond donors (Lipinski definition) is 1. The van der Waals surface area contributed by atoms with E-state index in [0.29, 0.717) is 23.9 Å². The van der Waals surface area contributed by atoms with Gasteiger partial charge in [0.25, 0.3) is 0 Å². The van der Waals surface area contributed by atoms with Gasteiger partial charge in [0.1, 0.15) is 5.82 Å². The van der Waals surface area contributed by atoms with E-state index in [-0.39, 0.29) is 11.4 Å². The van der Waals surface area contributed by atoms with Gasteiger partial charge in [0.05, 0.1) is 22.9 Å². The van der Waals surface area contributed by atoms with E-state index in [1.165, 1.54) is 6.07 Å². The van der Waals surface area contributed by atoms with Crippen molar-refractivity contribution in [2.24, 2.45) is 0 Å². The van der Waals surface area contributed by atoms with Crippen molar-refractivity contribution >= 4 is 17.3 Å². The van der Waals surface area contributed by atoms with Gasteiger partial charge < -0.3 is 10.1 Å². The van der Waals surface area contributed by atoms with E-state index in [1.807, 2.05) is 20.8 Å². The first-order chi connectivity index (χ1) is 7.40. The number of rotatable bonds is 4. The third-order valence-corrected chi connectivity index (χ3v) is 2.22. The van der Waals surface area contributed by atoms with Gasteiger partial charge in [-0.05, 0) is 32.9 Å². The van der Waals surface area contributed by atoms with Crippen LogP contribution in [0.25, 0.3) is 0 Å². The molecule has 90 valence electrons. The van der Waals surface area contributed by atoms with E-state index in [0.717, 1.165) is 0 Å². The highest BCUT2D eigenvalue weighted by molar-refractivity contribution is 6.33. The topological polar surface area (TPSA) is 21.3 Å². The van der Waals surface area contributed by atoms with E-state index in [1.54, 1.807) is 12.1 Å². The molecule has 0 saturated heterocycles. The SMILES string of the molecule is CC(C)(C)OCCNc1c(F)cccc1Cl. The Hall–Kier alpha value is -0.800. The Morgan fingerprint density at radius 1 is 1.38 bits per heavy atom. The fraction of sp³-hybridized carbons (Fsp3) is 0.500. The molecule has 0 saturated carbocycles. The van der Waals surface area contributed by atoms with Crippen LogP contribution in [0.3, 0.4) is 0 Å². The minimum atomic E-state index is -0.344. The standard InChI is InChI=1S/C12H17ClFNO/c1-12(2,3)16-8-7-15-11-9(13)5-4-6-10(11)14/h4-6,15H,7-8H2,1-3H3. The molecule has 0 bridgehead atoms. The molecule has 1 N–H and O–H groups in total. The van der Waals surface area contributed by atoms with Crippen LogP contribution in [0.4, 0.5) is 10.1 Å². The summed E-state index contributed by atoms with van der Waals surface area (Å²) in [7, 11) is 0. The molecule has 0 aliphatic carbocycles. The first kappa shape index (κ1) is 13.3. The molecule has 2 nitrogen and oxygen atoms in total. The first-order valence-electron chi connectivity index (χ1n) is 5.22. The number of halogens is 2. The maximum atomic E-state index is 13.3. The second-order valence-corrected chi connectivity index (χ2v) is 4.89. The Morgan fingerprint density at radius 3 is 2.62 bits per heavy atom. The maximum Gasteiger partial charge on any atom is 0.147 e. The fourth-order valence-corrected chi connectivity index (χ4v) is 1.43. The number of para-hydroxylation sites is 1. The molecular weight excluding hydrogens is 229 g/mol. The van der Waals surface area contributed by atoms with Crippen molar-refractivity contribution in [3.8, 4) is 0 Å². The summed E-state index contributed by atoms with van der Waals surface area (Å²) in [5.41, 5.74) is 0.155. The van der Waals surface area contributed by atoms with Gasteiger partial charge in [0, 0.05) is 6.54 Å². The van der Waals surface area contributed by atoms with E-state index >= 15 is 0 Å². The average Bonchev–Trinajstić information content (AvgIpc) is 2.14. The van der Waals surface area contributed by atoms with Crippen molar-refractivity contribution in [1.82, 2.24) is 0 Å². The lowest BCUT2D eigenvalue weighted by molar-refractivity contribution is 0.00332. The molecule has 0 aromatic heterocycles. The normalized spacial score (nSPS) is 11.6. The molecule has 0 aliphatic heterocycles. The van der Waals surface area contributed by atoms with Crippen molar-refractivity contribution in [3.63, 3.8) is 0 Å². The summed E-state index contributed by atoms with van der Waals surface area (Å²) in [6.45, 7) is 6.96. The zero-order valence-electron chi connectivity index (χ0n) is 9.81. The maximum absolute atomic E-state index is 13.3. The van der Waals surface area contributed by atoms with E-state index in [9.17, 15) is 4.39 Å². The van der Waals surface area contributed by atoms with Gasteiger partial charge in [-0.25, -0.2) is 4.39 Å². The van der Waals surface area contributed by atoms with Gasteiger partial charge >= 0.3 is 0 Å². The van der Waals surface area contributed by atoms with E-state index in [4.69, 9.17) is 16.3 Å². The molecule has 1 aromatic rings. The van der Waals surface area contributed by atoms with Crippen LogP contribution in [0, 0.1) is 5.82 Å². The number of ether oxygens (including phenoxy) is 1. The number of hydrogen-bond acceptors (Lipinski definition) is 2. The molecule has 0 unspecified atom stereocenters. The van der Waals surface area contributed by atoms with Crippen LogP contribution in [0.2, 0.25) is 5.02 Å². The summed E-state index contributed by atoms with van der Waals surface area (Å²) in [5, 5.41) is 3.31. The largest absolute Gasteiger partial charge is 0.379 e. The summed E-state index contributed by atoms with van der Waals surface area (Å²) in [4.78, 5) is 0. The predicted molar refractivity (Wildman–Crippen MR) is 65.6 cm³/mol. The molecule has 0 fully saturated rings. The van der Waals surface area contributed by atoms with Crippen LogP contribution in [0.1, 0.15) is 20.8 Å². The Labute approximate surface area is 101 Å².